The zero-order valence-electron chi connectivity index (χ0n) is 15.9. The number of hydrazone groups is 1. The number of nitrogens with zero attached hydrogens (tertiary/aromatic N) is 5. The number of hydrogen-bond donors (Lipinski definition) is 1. The summed E-state index contributed by atoms with van der Waals surface area (Å²) in [6, 6.07) is 25.1. The van der Waals surface area contributed by atoms with E-state index in [-0.39, 0.29) is 11.7 Å². The van der Waals surface area contributed by atoms with Crippen molar-refractivity contribution in [1.29, 1.82) is 0 Å². The number of hydrogen-bond acceptors (Lipinski definition) is 6. The number of carbonyl (C=O) groups excluding carboxylic acids is 1. The highest BCUT2D eigenvalue weighted by Crippen LogP contribution is 2.27. The number of aromatic nitrogens is 4. The normalized spacial score (nSPS) is 10.9. The predicted octanol–water partition coefficient (Wildman–Crippen LogP) is 3.57. The Labute approximate surface area is 177 Å². The first-order valence-electron chi connectivity index (χ1n) is 9.23. The van der Waals surface area contributed by atoms with Crippen molar-refractivity contribution >= 4 is 23.9 Å². The van der Waals surface area contributed by atoms with Gasteiger partial charge in [0.05, 0.1) is 17.7 Å². The quantitative estimate of drug-likeness (QED) is 0.284. The van der Waals surface area contributed by atoms with Crippen molar-refractivity contribution in [2.45, 2.75) is 5.16 Å². The average Bonchev–Trinajstić information content (AvgIpc) is 3.23. The summed E-state index contributed by atoms with van der Waals surface area (Å²) in [5.74, 6) is 0.633. The van der Waals surface area contributed by atoms with Crippen LogP contribution in [0.4, 0.5) is 0 Å². The van der Waals surface area contributed by atoms with Gasteiger partial charge in [-0.25, -0.2) is 5.43 Å². The van der Waals surface area contributed by atoms with E-state index in [1.165, 1.54) is 18.0 Å². The lowest BCUT2D eigenvalue weighted by Gasteiger charge is -2.10. The maximum absolute atomic E-state index is 12.2. The van der Waals surface area contributed by atoms with Crippen LogP contribution in [0.25, 0.3) is 17.1 Å². The average molecular weight is 414 g/mol. The molecule has 4 aromatic rings. The van der Waals surface area contributed by atoms with Crippen LogP contribution in [-0.2, 0) is 4.79 Å². The van der Waals surface area contributed by atoms with Crippen molar-refractivity contribution in [1.82, 2.24) is 25.2 Å². The maximum Gasteiger partial charge on any atom is 0.250 e. The van der Waals surface area contributed by atoms with Gasteiger partial charge in [-0.2, -0.15) is 5.10 Å². The van der Waals surface area contributed by atoms with Crippen molar-refractivity contribution in [2.24, 2.45) is 5.10 Å². The first kappa shape index (κ1) is 19.5. The van der Waals surface area contributed by atoms with Gasteiger partial charge in [0, 0.05) is 17.4 Å². The fourth-order valence-electron chi connectivity index (χ4n) is 2.73. The van der Waals surface area contributed by atoms with Gasteiger partial charge in [-0.05, 0) is 24.3 Å². The molecule has 1 N–H and O–H groups in total. The number of carbonyl (C=O) groups is 1. The summed E-state index contributed by atoms with van der Waals surface area (Å²) in [7, 11) is 0. The number of amides is 1. The van der Waals surface area contributed by atoms with E-state index < -0.39 is 0 Å². The molecule has 0 saturated carbocycles. The van der Waals surface area contributed by atoms with Crippen molar-refractivity contribution in [2.75, 3.05) is 5.75 Å². The van der Waals surface area contributed by atoms with Crippen LogP contribution in [0.1, 0.15) is 5.69 Å². The van der Waals surface area contributed by atoms with Crippen LogP contribution in [0.2, 0.25) is 0 Å². The van der Waals surface area contributed by atoms with Gasteiger partial charge < -0.3 is 0 Å². The highest BCUT2D eigenvalue weighted by atomic mass is 32.2. The van der Waals surface area contributed by atoms with Gasteiger partial charge in [0.15, 0.2) is 11.0 Å². The second-order valence-corrected chi connectivity index (χ2v) is 7.12. The summed E-state index contributed by atoms with van der Waals surface area (Å²) in [5.41, 5.74) is 5.06. The van der Waals surface area contributed by atoms with Gasteiger partial charge in [-0.3, -0.25) is 14.3 Å². The summed E-state index contributed by atoms with van der Waals surface area (Å²) in [5, 5.41) is 13.3. The Morgan fingerprint density at radius 2 is 1.70 bits per heavy atom. The number of para-hydroxylation sites is 1. The minimum Gasteiger partial charge on any atom is -0.272 e. The number of pyridine rings is 1. The Hall–Kier alpha value is -3.78. The molecule has 0 fully saturated rings. The Morgan fingerprint density at radius 3 is 2.43 bits per heavy atom. The lowest BCUT2D eigenvalue weighted by molar-refractivity contribution is -0.118. The highest BCUT2D eigenvalue weighted by molar-refractivity contribution is 7.99. The summed E-state index contributed by atoms with van der Waals surface area (Å²) in [4.78, 5) is 16.3. The zero-order chi connectivity index (χ0) is 20.6. The Morgan fingerprint density at radius 1 is 0.967 bits per heavy atom. The molecule has 0 unspecified atom stereocenters. The molecule has 0 aliphatic heterocycles. The van der Waals surface area contributed by atoms with Crippen molar-refractivity contribution in [3.63, 3.8) is 0 Å². The molecule has 8 heteroatoms. The molecule has 0 radical (unpaired) electrons. The molecular formula is C22H18N6OS. The van der Waals surface area contributed by atoms with E-state index >= 15 is 0 Å². The van der Waals surface area contributed by atoms with Crippen LogP contribution in [0, 0.1) is 0 Å². The number of rotatable bonds is 7. The molecule has 2 aromatic carbocycles. The van der Waals surface area contributed by atoms with E-state index in [2.05, 4.69) is 25.7 Å². The molecule has 2 heterocycles. The predicted molar refractivity (Wildman–Crippen MR) is 117 cm³/mol. The van der Waals surface area contributed by atoms with Crippen molar-refractivity contribution in [3.05, 3.63) is 90.8 Å². The van der Waals surface area contributed by atoms with Gasteiger partial charge >= 0.3 is 0 Å². The first-order valence-corrected chi connectivity index (χ1v) is 10.2. The third-order valence-electron chi connectivity index (χ3n) is 4.09. The van der Waals surface area contributed by atoms with Crippen LogP contribution in [0.3, 0.4) is 0 Å². The smallest absolute Gasteiger partial charge is 0.250 e. The third-order valence-corrected chi connectivity index (χ3v) is 5.01. The molecule has 148 valence electrons. The molecule has 4 rings (SSSR count). The summed E-state index contributed by atoms with van der Waals surface area (Å²) >= 11 is 1.30. The van der Waals surface area contributed by atoms with Crippen LogP contribution in [-0.4, -0.2) is 37.6 Å². The standard InChI is InChI=1S/C22H18N6OS/c29-20(25-24-15-18-11-7-8-14-23-18)16-30-22-27-26-21(17-9-3-1-4-10-17)28(22)19-12-5-2-6-13-19/h1-15H,16H2,(H,25,29)/b24-15+. The molecule has 0 saturated heterocycles. The van der Waals surface area contributed by atoms with Crippen LogP contribution in [0.5, 0.6) is 0 Å². The molecule has 0 atom stereocenters. The molecule has 2 aromatic heterocycles. The van der Waals surface area contributed by atoms with E-state index in [1.807, 2.05) is 77.4 Å². The maximum atomic E-state index is 12.2. The van der Waals surface area contributed by atoms with E-state index in [1.54, 1.807) is 12.3 Å². The summed E-state index contributed by atoms with van der Waals surface area (Å²) in [6.07, 6.45) is 3.17. The van der Waals surface area contributed by atoms with Gasteiger partial charge in [-0.1, -0.05) is 66.4 Å². The third kappa shape index (κ3) is 4.79. The number of nitrogens with one attached hydrogen (secondary N) is 1. The van der Waals surface area contributed by atoms with Crippen LogP contribution in [0.15, 0.2) is 95.3 Å². The molecule has 0 aliphatic rings. The zero-order valence-corrected chi connectivity index (χ0v) is 16.7. The molecule has 1 amide bonds. The summed E-state index contributed by atoms with van der Waals surface area (Å²) < 4.78 is 1.95. The molecule has 30 heavy (non-hydrogen) atoms. The minimum absolute atomic E-state index is 0.152. The number of benzene rings is 2. The Bertz CT molecular complexity index is 1130. The fourth-order valence-corrected chi connectivity index (χ4v) is 3.48. The first-order chi connectivity index (χ1) is 14.8. The van der Waals surface area contributed by atoms with Crippen LogP contribution >= 0.6 is 11.8 Å². The van der Waals surface area contributed by atoms with E-state index in [4.69, 9.17) is 0 Å². The topological polar surface area (TPSA) is 85.1 Å². The SMILES string of the molecule is O=C(CSc1nnc(-c2ccccc2)n1-c1ccccc1)N/N=C/c1ccccn1. The summed E-state index contributed by atoms with van der Waals surface area (Å²) in [6.45, 7) is 0. The van der Waals surface area contributed by atoms with Gasteiger partial charge in [0.2, 0.25) is 0 Å². The molecule has 0 spiro atoms. The monoisotopic (exact) mass is 414 g/mol. The Balaban J connectivity index is 1.49. The Kier molecular flexibility index (Phi) is 6.26. The van der Waals surface area contributed by atoms with E-state index in [9.17, 15) is 4.79 Å². The highest BCUT2D eigenvalue weighted by Gasteiger charge is 2.16. The lowest BCUT2D eigenvalue weighted by atomic mass is 10.2. The van der Waals surface area contributed by atoms with Crippen LogP contribution < -0.4 is 5.43 Å². The molecular weight excluding hydrogens is 396 g/mol. The minimum atomic E-state index is -0.240. The number of thioether (sulfide) groups is 1. The lowest BCUT2D eigenvalue weighted by Crippen LogP contribution is -2.20. The second-order valence-electron chi connectivity index (χ2n) is 6.18. The van der Waals surface area contributed by atoms with Crippen molar-refractivity contribution in [3.8, 4) is 17.1 Å². The molecule has 0 aliphatic carbocycles. The van der Waals surface area contributed by atoms with E-state index in [0.717, 1.165) is 17.1 Å². The van der Waals surface area contributed by atoms with Gasteiger partial charge in [-0.15, -0.1) is 10.2 Å². The van der Waals surface area contributed by atoms with Gasteiger partial charge in [0.1, 0.15) is 0 Å². The second kappa shape index (κ2) is 9.62. The van der Waals surface area contributed by atoms with E-state index in [0.29, 0.717) is 10.9 Å². The fraction of sp³-hybridized carbons (Fsp3) is 0.0455. The van der Waals surface area contributed by atoms with Gasteiger partial charge in [0.25, 0.3) is 5.91 Å². The largest absolute Gasteiger partial charge is 0.272 e. The molecule has 7 nitrogen and oxygen atoms in total. The van der Waals surface area contributed by atoms with Crippen molar-refractivity contribution < 1.29 is 4.79 Å². The molecule has 0 bridgehead atoms.